The SMILES string of the molecule is O=c1[nH]ccc2c(Cl)c(Cl)ccc12. The van der Waals surface area contributed by atoms with Crippen molar-refractivity contribution < 1.29 is 0 Å². The van der Waals surface area contributed by atoms with E-state index in [0.29, 0.717) is 20.8 Å². The summed E-state index contributed by atoms with van der Waals surface area (Å²) in [5.41, 5.74) is -0.156. The molecule has 13 heavy (non-hydrogen) atoms. The minimum Gasteiger partial charge on any atom is -0.329 e. The Morgan fingerprint density at radius 3 is 2.62 bits per heavy atom. The molecule has 2 aromatic rings. The lowest BCUT2D eigenvalue weighted by atomic mass is 10.2. The van der Waals surface area contributed by atoms with Gasteiger partial charge in [0.2, 0.25) is 0 Å². The quantitative estimate of drug-likeness (QED) is 0.718. The van der Waals surface area contributed by atoms with Crippen LogP contribution in [0.3, 0.4) is 0 Å². The Hall–Kier alpha value is -0.990. The van der Waals surface area contributed by atoms with Gasteiger partial charge in [0.15, 0.2) is 0 Å². The van der Waals surface area contributed by atoms with Crippen LogP contribution in [0, 0.1) is 0 Å². The van der Waals surface area contributed by atoms with E-state index in [-0.39, 0.29) is 5.56 Å². The summed E-state index contributed by atoms with van der Waals surface area (Å²) >= 11 is 11.7. The summed E-state index contributed by atoms with van der Waals surface area (Å²) < 4.78 is 0. The van der Waals surface area contributed by atoms with Gasteiger partial charge in [0.25, 0.3) is 5.56 Å². The zero-order valence-electron chi connectivity index (χ0n) is 6.47. The molecule has 4 heteroatoms. The van der Waals surface area contributed by atoms with E-state index in [4.69, 9.17) is 23.2 Å². The summed E-state index contributed by atoms with van der Waals surface area (Å²) in [6.45, 7) is 0. The van der Waals surface area contributed by atoms with Gasteiger partial charge in [-0.15, -0.1) is 0 Å². The van der Waals surface area contributed by atoms with Crippen molar-refractivity contribution in [3.63, 3.8) is 0 Å². The maximum absolute atomic E-state index is 11.3. The fourth-order valence-corrected chi connectivity index (χ4v) is 1.60. The van der Waals surface area contributed by atoms with Crippen molar-refractivity contribution in [3.8, 4) is 0 Å². The number of H-pyrrole nitrogens is 1. The number of hydrogen-bond acceptors (Lipinski definition) is 1. The van der Waals surface area contributed by atoms with E-state index in [0.717, 1.165) is 0 Å². The van der Waals surface area contributed by atoms with Crippen LogP contribution >= 0.6 is 23.2 Å². The van der Waals surface area contributed by atoms with Crippen molar-refractivity contribution >= 4 is 34.0 Å². The van der Waals surface area contributed by atoms with E-state index in [1.165, 1.54) is 0 Å². The number of aromatic nitrogens is 1. The van der Waals surface area contributed by atoms with Crippen LogP contribution in [0.4, 0.5) is 0 Å². The minimum absolute atomic E-state index is 0.156. The molecule has 0 unspecified atom stereocenters. The highest BCUT2D eigenvalue weighted by molar-refractivity contribution is 6.45. The van der Waals surface area contributed by atoms with Gasteiger partial charge in [0.05, 0.1) is 10.0 Å². The van der Waals surface area contributed by atoms with E-state index >= 15 is 0 Å². The number of benzene rings is 1. The van der Waals surface area contributed by atoms with E-state index in [9.17, 15) is 4.79 Å². The van der Waals surface area contributed by atoms with E-state index in [1.54, 1.807) is 24.4 Å². The summed E-state index contributed by atoms with van der Waals surface area (Å²) in [5, 5.41) is 2.11. The Kier molecular flexibility index (Phi) is 2.02. The first-order valence-corrected chi connectivity index (χ1v) is 4.41. The fraction of sp³-hybridized carbons (Fsp3) is 0. The molecular formula is C9H5Cl2NO. The molecule has 0 bridgehead atoms. The Balaban J connectivity index is 3.03. The fourth-order valence-electron chi connectivity index (χ4n) is 1.21. The smallest absolute Gasteiger partial charge is 0.255 e. The summed E-state index contributed by atoms with van der Waals surface area (Å²) in [7, 11) is 0. The zero-order chi connectivity index (χ0) is 9.42. The monoisotopic (exact) mass is 213 g/mol. The molecule has 1 aromatic carbocycles. The molecule has 2 nitrogen and oxygen atoms in total. The van der Waals surface area contributed by atoms with E-state index in [1.807, 2.05) is 0 Å². The van der Waals surface area contributed by atoms with Crippen LogP contribution < -0.4 is 5.56 Å². The van der Waals surface area contributed by atoms with Gasteiger partial charge in [-0.3, -0.25) is 4.79 Å². The lowest BCUT2D eigenvalue weighted by molar-refractivity contribution is 1.28. The zero-order valence-corrected chi connectivity index (χ0v) is 7.99. The molecule has 0 spiro atoms. The molecule has 0 aliphatic rings. The third-order valence-electron chi connectivity index (χ3n) is 1.84. The molecule has 1 aromatic heterocycles. The molecule has 1 N–H and O–H groups in total. The average Bonchev–Trinajstić information content (AvgIpc) is 2.12. The van der Waals surface area contributed by atoms with Crippen LogP contribution in [0.25, 0.3) is 10.8 Å². The Labute approximate surface area is 84.1 Å². The summed E-state index contributed by atoms with van der Waals surface area (Å²) in [4.78, 5) is 13.8. The Morgan fingerprint density at radius 2 is 1.85 bits per heavy atom. The third kappa shape index (κ3) is 1.32. The number of fused-ring (bicyclic) bond motifs is 1. The second-order valence-electron chi connectivity index (χ2n) is 2.63. The molecular weight excluding hydrogens is 209 g/mol. The molecule has 0 atom stereocenters. The molecule has 0 aliphatic carbocycles. The number of pyridine rings is 1. The maximum atomic E-state index is 11.3. The van der Waals surface area contributed by atoms with Gasteiger partial charge in [0.1, 0.15) is 0 Å². The van der Waals surface area contributed by atoms with Crippen LogP contribution in [-0.4, -0.2) is 4.98 Å². The number of rotatable bonds is 0. The predicted molar refractivity (Wildman–Crippen MR) is 54.6 cm³/mol. The highest BCUT2D eigenvalue weighted by Crippen LogP contribution is 2.28. The van der Waals surface area contributed by atoms with Crippen LogP contribution in [0.5, 0.6) is 0 Å². The molecule has 2 rings (SSSR count). The van der Waals surface area contributed by atoms with Crippen LogP contribution in [0.1, 0.15) is 0 Å². The van der Waals surface area contributed by atoms with Gasteiger partial charge in [-0.1, -0.05) is 23.2 Å². The first-order chi connectivity index (χ1) is 6.20. The summed E-state index contributed by atoms with van der Waals surface area (Å²) in [6, 6.07) is 4.99. The number of hydrogen-bond donors (Lipinski definition) is 1. The van der Waals surface area contributed by atoms with E-state index < -0.39 is 0 Å². The summed E-state index contributed by atoms with van der Waals surface area (Å²) in [6.07, 6.45) is 1.55. The van der Waals surface area contributed by atoms with Crippen molar-refractivity contribution in [2.75, 3.05) is 0 Å². The normalized spacial score (nSPS) is 10.6. The molecule has 1 heterocycles. The second-order valence-corrected chi connectivity index (χ2v) is 3.41. The van der Waals surface area contributed by atoms with Gasteiger partial charge >= 0.3 is 0 Å². The summed E-state index contributed by atoms with van der Waals surface area (Å²) in [5.74, 6) is 0. The molecule has 0 amide bonds. The van der Waals surface area contributed by atoms with Gasteiger partial charge in [-0.25, -0.2) is 0 Å². The van der Waals surface area contributed by atoms with Crippen LogP contribution in [0.2, 0.25) is 10.0 Å². The first-order valence-electron chi connectivity index (χ1n) is 3.65. The largest absolute Gasteiger partial charge is 0.329 e. The molecule has 0 fully saturated rings. The highest BCUT2D eigenvalue weighted by atomic mass is 35.5. The molecule has 66 valence electrons. The Bertz CT molecular complexity index is 518. The second kappa shape index (κ2) is 3.05. The van der Waals surface area contributed by atoms with Crippen molar-refractivity contribution in [1.29, 1.82) is 0 Å². The lowest BCUT2D eigenvalue weighted by Gasteiger charge is -2.00. The van der Waals surface area contributed by atoms with Gasteiger partial charge in [-0.05, 0) is 18.2 Å². The van der Waals surface area contributed by atoms with Crippen molar-refractivity contribution in [1.82, 2.24) is 4.98 Å². The molecule has 0 saturated carbocycles. The highest BCUT2D eigenvalue weighted by Gasteiger charge is 2.04. The number of halogens is 2. The van der Waals surface area contributed by atoms with Gasteiger partial charge in [0, 0.05) is 17.0 Å². The topological polar surface area (TPSA) is 32.9 Å². The van der Waals surface area contributed by atoms with Crippen LogP contribution in [0.15, 0.2) is 29.2 Å². The van der Waals surface area contributed by atoms with Crippen molar-refractivity contribution in [2.24, 2.45) is 0 Å². The first kappa shape index (κ1) is 8.60. The van der Waals surface area contributed by atoms with Gasteiger partial charge in [-0.2, -0.15) is 0 Å². The van der Waals surface area contributed by atoms with Crippen LogP contribution in [-0.2, 0) is 0 Å². The number of aromatic amines is 1. The molecule has 0 saturated heterocycles. The lowest BCUT2D eigenvalue weighted by Crippen LogP contribution is -2.04. The standard InChI is InChI=1S/C9H5Cl2NO/c10-7-2-1-6-5(8(7)11)3-4-12-9(6)13/h1-4H,(H,12,13). The van der Waals surface area contributed by atoms with E-state index in [2.05, 4.69) is 4.98 Å². The predicted octanol–water partition coefficient (Wildman–Crippen LogP) is 2.83. The minimum atomic E-state index is -0.156. The van der Waals surface area contributed by atoms with Crippen molar-refractivity contribution in [3.05, 3.63) is 44.8 Å². The maximum Gasteiger partial charge on any atom is 0.255 e. The molecule has 0 aliphatic heterocycles. The average molecular weight is 214 g/mol. The molecule has 0 radical (unpaired) electrons. The number of nitrogens with one attached hydrogen (secondary N) is 1. The Morgan fingerprint density at radius 1 is 1.08 bits per heavy atom. The van der Waals surface area contributed by atoms with Crippen molar-refractivity contribution in [2.45, 2.75) is 0 Å². The van der Waals surface area contributed by atoms with Gasteiger partial charge < -0.3 is 4.98 Å². The third-order valence-corrected chi connectivity index (χ3v) is 2.66.